The van der Waals surface area contributed by atoms with E-state index in [9.17, 15) is 18.0 Å². The smallest absolute Gasteiger partial charge is 0.258 e. The van der Waals surface area contributed by atoms with Crippen LogP contribution in [-0.2, 0) is 29.0 Å². The highest BCUT2D eigenvalue weighted by Crippen LogP contribution is 2.40. The fraction of sp³-hybridized carbons (Fsp3) is 0.500. The zero-order valence-corrected chi connectivity index (χ0v) is 22.9. The normalized spacial score (nSPS) is 24.0. The molecule has 2 unspecified atom stereocenters. The summed E-state index contributed by atoms with van der Waals surface area (Å²) in [5.74, 6) is -0.203. The Morgan fingerprint density at radius 3 is 2.37 bits per heavy atom. The molecular formula is C28H35N3O6S. The molecule has 3 atom stereocenters. The first-order chi connectivity index (χ1) is 18.2. The van der Waals surface area contributed by atoms with E-state index in [1.165, 1.54) is 6.26 Å². The summed E-state index contributed by atoms with van der Waals surface area (Å²) in [5, 5.41) is 1.86. The number of amides is 2. The van der Waals surface area contributed by atoms with Crippen molar-refractivity contribution in [3.63, 3.8) is 0 Å². The number of rotatable bonds is 6. The first-order valence-corrected chi connectivity index (χ1v) is 15.2. The predicted molar refractivity (Wildman–Crippen MR) is 145 cm³/mol. The van der Waals surface area contributed by atoms with Crippen LogP contribution in [0.4, 0.5) is 11.4 Å². The third-order valence-electron chi connectivity index (χ3n) is 7.40. The summed E-state index contributed by atoms with van der Waals surface area (Å²) < 4.78 is 29.5. The van der Waals surface area contributed by atoms with Gasteiger partial charge in [0.1, 0.15) is 6.10 Å². The molecule has 0 N–H and O–H groups in total. The molecule has 204 valence electrons. The number of nitrogens with zero attached hydrogens (tertiary/aromatic N) is 3. The number of anilines is 2. The third-order valence-corrected chi connectivity index (χ3v) is 8.53. The van der Waals surface area contributed by atoms with Crippen molar-refractivity contribution in [2.24, 2.45) is 0 Å². The van der Waals surface area contributed by atoms with Crippen molar-refractivity contribution in [1.82, 2.24) is 5.06 Å². The van der Waals surface area contributed by atoms with Gasteiger partial charge >= 0.3 is 0 Å². The van der Waals surface area contributed by atoms with Crippen LogP contribution in [0.3, 0.4) is 0 Å². The second kappa shape index (κ2) is 10.8. The van der Waals surface area contributed by atoms with Crippen LogP contribution >= 0.6 is 0 Å². The lowest BCUT2D eigenvalue weighted by molar-refractivity contribution is -0.163. The van der Waals surface area contributed by atoms with Gasteiger partial charge in [-0.3, -0.25) is 14.4 Å². The highest BCUT2D eigenvalue weighted by atomic mass is 32.2. The van der Waals surface area contributed by atoms with E-state index in [1.54, 1.807) is 34.1 Å². The molecule has 2 aromatic rings. The Kier molecular flexibility index (Phi) is 7.59. The molecule has 0 aromatic heterocycles. The lowest BCUT2D eigenvalue weighted by Crippen LogP contribution is -2.56. The summed E-state index contributed by atoms with van der Waals surface area (Å²) in [6.07, 6.45) is 3.22. The Bertz CT molecular complexity index is 1310. The number of ether oxygens (including phenoxy) is 1. The molecule has 0 aliphatic carbocycles. The van der Waals surface area contributed by atoms with Crippen LogP contribution < -0.4 is 9.80 Å². The number of fused-ring (bicyclic) bond motifs is 1. The van der Waals surface area contributed by atoms with Crippen molar-refractivity contribution in [2.45, 2.75) is 62.7 Å². The largest absolute Gasteiger partial charge is 0.368 e. The molecule has 3 aliphatic heterocycles. The van der Waals surface area contributed by atoms with Gasteiger partial charge in [-0.25, -0.2) is 8.42 Å². The minimum absolute atomic E-state index is 0.0986. The maximum Gasteiger partial charge on any atom is 0.258 e. The number of carbonyl (C=O) groups excluding carboxylic acids is 2. The number of hydroxylamine groups is 2. The average Bonchev–Trinajstić information content (AvgIpc) is 3.60. The second-order valence-electron chi connectivity index (χ2n) is 10.3. The van der Waals surface area contributed by atoms with Crippen molar-refractivity contribution in [3.05, 3.63) is 42.5 Å². The summed E-state index contributed by atoms with van der Waals surface area (Å²) in [6.45, 7) is 6.43. The van der Waals surface area contributed by atoms with Crippen LogP contribution in [0.1, 0.15) is 39.5 Å². The van der Waals surface area contributed by atoms with Gasteiger partial charge in [-0.15, -0.1) is 0 Å². The van der Waals surface area contributed by atoms with Crippen LogP contribution in [0.15, 0.2) is 47.4 Å². The van der Waals surface area contributed by atoms with Crippen molar-refractivity contribution in [2.75, 3.05) is 42.3 Å². The Labute approximate surface area is 224 Å². The van der Waals surface area contributed by atoms with E-state index in [4.69, 9.17) is 9.57 Å². The van der Waals surface area contributed by atoms with Crippen molar-refractivity contribution >= 4 is 33.0 Å². The van der Waals surface area contributed by atoms with Crippen molar-refractivity contribution in [1.29, 1.82) is 0 Å². The first-order valence-electron chi connectivity index (χ1n) is 13.3. The molecule has 3 aliphatic rings. The Hall–Kier alpha value is -2.79. The maximum atomic E-state index is 13.7. The molecule has 0 radical (unpaired) electrons. The topological polar surface area (TPSA) is 96.5 Å². The van der Waals surface area contributed by atoms with Crippen LogP contribution in [0.25, 0.3) is 11.1 Å². The van der Waals surface area contributed by atoms with E-state index in [0.717, 1.165) is 30.5 Å². The molecule has 2 amide bonds. The van der Waals surface area contributed by atoms with E-state index < -0.39 is 22.0 Å². The monoisotopic (exact) mass is 541 g/mol. The van der Waals surface area contributed by atoms with E-state index in [-0.39, 0.29) is 22.8 Å². The molecule has 10 heteroatoms. The molecule has 9 nitrogen and oxygen atoms in total. The molecule has 0 saturated carbocycles. The predicted octanol–water partition coefficient (Wildman–Crippen LogP) is 3.42. The molecule has 38 heavy (non-hydrogen) atoms. The van der Waals surface area contributed by atoms with E-state index in [1.807, 2.05) is 30.2 Å². The maximum absolute atomic E-state index is 13.7. The molecule has 5 rings (SSSR count). The minimum Gasteiger partial charge on any atom is -0.368 e. The van der Waals surface area contributed by atoms with E-state index in [2.05, 4.69) is 6.92 Å². The summed E-state index contributed by atoms with van der Waals surface area (Å²) in [6, 6.07) is 12.1. The van der Waals surface area contributed by atoms with E-state index >= 15 is 0 Å². The van der Waals surface area contributed by atoms with Crippen LogP contribution in [0.5, 0.6) is 0 Å². The number of sulfone groups is 1. The van der Waals surface area contributed by atoms with Gasteiger partial charge in [0.05, 0.1) is 22.3 Å². The zero-order valence-electron chi connectivity index (χ0n) is 22.1. The lowest BCUT2D eigenvalue weighted by atomic mass is 9.99. The second-order valence-corrected chi connectivity index (χ2v) is 12.3. The average molecular weight is 542 g/mol. The summed E-state index contributed by atoms with van der Waals surface area (Å²) in [4.78, 5) is 37.0. The van der Waals surface area contributed by atoms with Crippen LogP contribution in [0.2, 0.25) is 0 Å². The Balaban J connectivity index is 1.51. The van der Waals surface area contributed by atoms with Gasteiger partial charge in [0.25, 0.3) is 11.8 Å². The van der Waals surface area contributed by atoms with Gasteiger partial charge in [-0.2, -0.15) is 5.06 Å². The zero-order chi connectivity index (χ0) is 27.0. The van der Waals surface area contributed by atoms with Crippen molar-refractivity contribution in [3.8, 4) is 11.1 Å². The van der Waals surface area contributed by atoms with E-state index in [0.29, 0.717) is 43.9 Å². The fourth-order valence-corrected chi connectivity index (χ4v) is 6.10. The Morgan fingerprint density at radius 1 is 0.974 bits per heavy atom. The van der Waals surface area contributed by atoms with Gasteiger partial charge in [0, 0.05) is 32.5 Å². The van der Waals surface area contributed by atoms with Gasteiger partial charge in [0.15, 0.2) is 15.9 Å². The summed E-state index contributed by atoms with van der Waals surface area (Å²) >= 11 is 0. The minimum atomic E-state index is -3.31. The SMILES string of the molecule is CCCN1CCC(C(=O)N2c3ccc(-c4ccc(S(C)(=O)=O)cc4)cc3N(C(=O)C3CCCO3)C[C@@H]2C)O1. The molecular weight excluding hydrogens is 506 g/mol. The Morgan fingerprint density at radius 2 is 1.71 bits per heavy atom. The molecule has 2 aromatic carbocycles. The molecule has 2 fully saturated rings. The molecule has 2 saturated heterocycles. The summed E-state index contributed by atoms with van der Waals surface area (Å²) in [5.41, 5.74) is 2.94. The standard InChI is InChI=1S/C28H35N3O6S/c1-4-14-29-15-13-26(37-29)28(33)31-19(2)18-30(27(32)25-6-5-16-36-25)24-17-21(9-12-23(24)31)20-7-10-22(11-8-20)38(3,34)35/h7-12,17,19,25-26H,4-6,13-16,18H2,1-3H3/t19-,25?,26?/m0/s1. The van der Waals surface area contributed by atoms with Crippen LogP contribution in [-0.4, -0.2) is 76.0 Å². The number of carbonyl (C=O) groups is 2. The lowest BCUT2D eigenvalue weighted by Gasteiger charge is -2.42. The number of hydrogen-bond acceptors (Lipinski definition) is 7. The molecule has 0 bridgehead atoms. The highest BCUT2D eigenvalue weighted by molar-refractivity contribution is 7.90. The van der Waals surface area contributed by atoms with Gasteiger partial charge in [-0.1, -0.05) is 25.1 Å². The highest BCUT2D eigenvalue weighted by Gasteiger charge is 2.42. The van der Waals surface area contributed by atoms with Gasteiger partial charge < -0.3 is 14.5 Å². The molecule has 0 spiro atoms. The van der Waals surface area contributed by atoms with Crippen molar-refractivity contribution < 1.29 is 27.6 Å². The summed E-state index contributed by atoms with van der Waals surface area (Å²) in [7, 11) is -3.31. The van der Waals surface area contributed by atoms with Gasteiger partial charge in [0.2, 0.25) is 0 Å². The van der Waals surface area contributed by atoms with Crippen LogP contribution in [0, 0.1) is 0 Å². The fourth-order valence-electron chi connectivity index (χ4n) is 5.47. The number of benzene rings is 2. The molecule has 3 heterocycles. The number of hydrogen-bond donors (Lipinski definition) is 0. The third kappa shape index (κ3) is 5.22. The quantitative estimate of drug-likeness (QED) is 0.553. The van der Waals surface area contributed by atoms with Gasteiger partial charge in [-0.05, 0) is 68.0 Å². The first kappa shape index (κ1) is 26.8.